The Bertz CT molecular complexity index is 1190. The quantitative estimate of drug-likeness (QED) is 0.464. The van der Waals surface area contributed by atoms with E-state index >= 15 is 0 Å². The van der Waals surface area contributed by atoms with Crippen LogP contribution in [0.2, 0.25) is 0 Å². The number of benzene rings is 1. The molecule has 2 aromatic heterocycles. The molecular weight excluding hydrogens is 422 g/mol. The lowest BCUT2D eigenvalue weighted by atomic mass is 10.1. The topological polar surface area (TPSA) is 103 Å². The van der Waals surface area contributed by atoms with Gasteiger partial charge in [0.15, 0.2) is 0 Å². The molecule has 0 aliphatic rings. The number of carbonyl (C=O) groups excluding carboxylic acids is 2. The predicted octanol–water partition coefficient (Wildman–Crippen LogP) is 2.69. The fourth-order valence-electron chi connectivity index (χ4n) is 3.26. The van der Waals surface area contributed by atoms with Crippen LogP contribution in [-0.4, -0.2) is 36.6 Å². The Hall–Kier alpha value is -4.07. The number of aromatic nitrogens is 1. The number of hydrogen-bond acceptors (Lipinski definition) is 5. The van der Waals surface area contributed by atoms with Gasteiger partial charge in [-0.1, -0.05) is 18.2 Å². The number of furan rings is 1. The monoisotopic (exact) mass is 449 g/mol. The summed E-state index contributed by atoms with van der Waals surface area (Å²) in [6, 6.07) is 11.1. The van der Waals surface area contributed by atoms with Crippen molar-refractivity contribution in [3.63, 3.8) is 0 Å². The van der Waals surface area contributed by atoms with E-state index in [-0.39, 0.29) is 24.2 Å². The fraction of sp³-hybridized carbons (Fsp3) is 0.240. The molecule has 3 aromatic rings. The number of rotatable bonds is 10. The Kier molecular flexibility index (Phi) is 7.86. The number of ether oxygens (including phenoxy) is 1. The lowest BCUT2D eigenvalue weighted by Crippen LogP contribution is -2.36. The molecule has 0 bridgehead atoms. The lowest BCUT2D eigenvalue weighted by molar-refractivity contribution is 0.0952. The van der Waals surface area contributed by atoms with Crippen molar-refractivity contribution in [2.75, 3.05) is 20.2 Å². The maximum absolute atomic E-state index is 12.9. The van der Waals surface area contributed by atoms with Crippen LogP contribution in [0.5, 0.6) is 5.75 Å². The van der Waals surface area contributed by atoms with Gasteiger partial charge in [-0.2, -0.15) is 0 Å². The number of methoxy groups -OCH3 is 1. The summed E-state index contributed by atoms with van der Waals surface area (Å²) in [7, 11) is 1.60. The van der Waals surface area contributed by atoms with Crippen LogP contribution in [0, 0.1) is 6.92 Å². The molecule has 0 aliphatic carbocycles. The molecule has 0 saturated carbocycles. The van der Waals surface area contributed by atoms with Crippen LogP contribution in [0.25, 0.3) is 0 Å². The summed E-state index contributed by atoms with van der Waals surface area (Å²) in [5.74, 6) is 1.01. The molecule has 0 spiro atoms. The van der Waals surface area contributed by atoms with E-state index in [4.69, 9.17) is 9.15 Å². The number of nitrogens with zero attached hydrogens (tertiary/aromatic N) is 1. The summed E-state index contributed by atoms with van der Waals surface area (Å²) in [6.07, 6.45) is 4.95. The molecule has 172 valence electrons. The molecule has 8 heteroatoms. The third-order valence-corrected chi connectivity index (χ3v) is 4.97. The molecule has 0 saturated heterocycles. The molecule has 2 amide bonds. The van der Waals surface area contributed by atoms with E-state index in [1.165, 1.54) is 18.5 Å². The smallest absolute Gasteiger partial charge is 0.257 e. The zero-order valence-electron chi connectivity index (χ0n) is 18.7. The molecule has 0 aliphatic heterocycles. The molecule has 3 rings (SSSR count). The Morgan fingerprint density at radius 1 is 1.06 bits per heavy atom. The van der Waals surface area contributed by atoms with Crippen molar-refractivity contribution in [2.45, 2.75) is 19.9 Å². The number of aryl methyl sites for hydroxylation is 1. The van der Waals surface area contributed by atoms with Gasteiger partial charge in [-0.3, -0.25) is 14.4 Å². The minimum Gasteiger partial charge on any atom is -0.497 e. The first kappa shape index (κ1) is 23.6. The van der Waals surface area contributed by atoms with Crippen LogP contribution in [0.3, 0.4) is 0 Å². The van der Waals surface area contributed by atoms with Gasteiger partial charge in [-0.25, -0.2) is 0 Å². The third kappa shape index (κ3) is 6.22. The van der Waals surface area contributed by atoms with Crippen molar-refractivity contribution in [3.05, 3.63) is 99.9 Å². The zero-order chi connectivity index (χ0) is 23.8. The van der Waals surface area contributed by atoms with Crippen molar-refractivity contribution in [3.8, 4) is 5.75 Å². The average molecular weight is 450 g/mol. The van der Waals surface area contributed by atoms with E-state index in [0.29, 0.717) is 18.7 Å². The van der Waals surface area contributed by atoms with Gasteiger partial charge in [0.25, 0.3) is 11.8 Å². The van der Waals surface area contributed by atoms with Crippen LogP contribution in [0.1, 0.15) is 37.8 Å². The number of pyridine rings is 1. The Morgan fingerprint density at radius 3 is 2.30 bits per heavy atom. The first-order valence-corrected chi connectivity index (χ1v) is 10.5. The minimum absolute atomic E-state index is 0.112. The molecule has 2 N–H and O–H groups in total. The second-order valence-corrected chi connectivity index (χ2v) is 7.45. The zero-order valence-corrected chi connectivity index (χ0v) is 18.7. The Morgan fingerprint density at radius 2 is 1.73 bits per heavy atom. The van der Waals surface area contributed by atoms with Crippen LogP contribution in [-0.2, 0) is 13.0 Å². The summed E-state index contributed by atoms with van der Waals surface area (Å²) >= 11 is 0. The number of nitrogens with one attached hydrogen (secondary N) is 2. The molecule has 2 heterocycles. The summed E-state index contributed by atoms with van der Waals surface area (Å²) in [6.45, 7) is 6.18. The molecule has 33 heavy (non-hydrogen) atoms. The first-order valence-electron chi connectivity index (χ1n) is 10.5. The summed E-state index contributed by atoms with van der Waals surface area (Å²) in [5.41, 5.74) is 0.145. The molecule has 1 aromatic carbocycles. The highest BCUT2D eigenvalue weighted by Crippen LogP contribution is 2.12. The van der Waals surface area contributed by atoms with Crippen LogP contribution < -0.4 is 20.8 Å². The van der Waals surface area contributed by atoms with Gasteiger partial charge in [0.1, 0.15) is 28.4 Å². The fourth-order valence-corrected chi connectivity index (χ4v) is 3.26. The van der Waals surface area contributed by atoms with Crippen molar-refractivity contribution in [2.24, 2.45) is 0 Å². The van der Waals surface area contributed by atoms with Gasteiger partial charge in [-0.05, 0) is 43.2 Å². The summed E-state index contributed by atoms with van der Waals surface area (Å²) < 4.78 is 12.3. The Balaban J connectivity index is 1.80. The number of hydrogen-bond donors (Lipinski definition) is 2. The van der Waals surface area contributed by atoms with Gasteiger partial charge in [-0.15, -0.1) is 6.58 Å². The van der Waals surface area contributed by atoms with Crippen LogP contribution >= 0.6 is 0 Å². The van der Waals surface area contributed by atoms with Crippen LogP contribution in [0.15, 0.2) is 70.7 Å². The maximum Gasteiger partial charge on any atom is 0.257 e. The van der Waals surface area contributed by atoms with Gasteiger partial charge in [0.2, 0.25) is 5.43 Å². The van der Waals surface area contributed by atoms with Gasteiger partial charge in [0.05, 0.1) is 13.7 Å². The van der Waals surface area contributed by atoms with Gasteiger partial charge in [0, 0.05) is 25.5 Å². The molecule has 0 radical (unpaired) electrons. The summed E-state index contributed by atoms with van der Waals surface area (Å²) in [4.78, 5) is 38.3. The highest BCUT2D eigenvalue weighted by atomic mass is 16.5. The van der Waals surface area contributed by atoms with Crippen molar-refractivity contribution in [1.82, 2.24) is 15.2 Å². The number of carbonyl (C=O) groups is 2. The van der Waals surface area contributed by atoms with E-state index in [1.54, 1.807) is 17.7 Å². The van der Waals surface area contributed by atoms with Gasteiger partial charge >= 0.3 is 0 Å². The van der Waals surface area contributed by atoms with Gasteiger partial charge < -0.3 is 24.4 Å². The second kappa shape index (κ2) is 11.0. The van der Waals surface area contributed by atoms with E-state index in [2.05, 4.69) is 17.2 Å². The maximum atomic E-state index is 12.9. The van der Waals surface area contributed by atoms with E-state index in [1.807, 2.05) is 37.3 Å². The van der Waals surface area contributed by atoms with E-state index < -0.39 is 17.2 Å². The van der Waals surface area contributed by atoms with Crippen molar-refractivity contribution >= 4 is 11.8 Å². The second-order valence-electron chi connectivity index (χ2n) is 7.45. The molecule has 0 fully saturated rings. The highest BCUT2D eigenvalue weighted by molar-refractivity contribution is 5.99. The standard InChI is InChI=1S/C25H27N3O5/c1-4-12-26-24(30)21-15-28(14-20-8-5-17(2)33-20)16-22(23(21)29)25(31)27-13-11-18-6-9-19(32-3)10-7-18/h4-10,15-16H,1,11-14H2,2-3H3,(H,26,30)(H,27,31). The average Bonchev–Trinajstić information content (AvgIpc) is 3.23. The lowest BCUT2D eigenvalue weighted by Gasteiger charge is -2.12. The minimum atomic E-state index is -0.634. The SMILES string of the molecule is C=CCNC(=O)c1cn(Cc2ccc(C)o2)cc(C(=O)NCCc2ccc(OC)cc2)c1=O. The van der Waals surface area contributed by atoms with Crippen molar-refractivity contribution in [1.29, 1.82) is 0 Å². The highest BCUT2D eigenvalue weighted by Gasteiger charge is 2.19. The molecule has 0 atom stereocenters. The van der Waals surface area contributed by atoms with E-state index in [0.717, 1.165) is 17.1 Å². The third-order valence-electron chi connectivity index (χ3n) is 4.97. The Labute approximate surface area is 191 Å². The number of amides is 2. The molecular formula is C25H27N3O5. The van der Waals surface area contributed by atoms with Crippen molar-refractivity contribution < 1.29 is 18.7 Å². The normalized spacial score (nSPS) is 10.5. The first-order chi connectivity index (χ1) is 15.9. The summed E-state index contributed by atoms with van der Waals surface area (Å²) in [5, 5.41) is 5.36. The largest absolute Gasteiger partial charge is 0.497 e. The predicted molar refractivity (Wildman–Crippen MR) is 125 cm³/mol. The molecule has 0 unspecified atom stereocenters. The van der Waals surface area contributed by atoms with E-state index in [9.17, 15) is 14.4 Å². The molecule has 8 nitrogen and oxygen atoms in total. The van der Waals surface area contributed by atoms with Crippen LogP contribution in [0.4, 0.5) is 0 Å².